The Morgan fingerprint density at radius 3 is 2.70 bits per heavy atom. The molecule has 120 valence electrons. The molecule has 0 spiro atoms. The topological polar surface area (TPSA) is 45.7 Å². The number of ether oxygens (including phenoxy) is 1. The maximum Gasteiger partial charge on any atom is 0.263 e. The third kappa shape index (κ3) is 2.15. The smallest absolute Gasteiger partial charge is 0.263 e. The molecule has 3 rings (SSSR count). The van der Waals surface area contributed by atoms with Crippen molar-refractivity contribution in [1.82, 2.24) is 9.88 Å². The van der Waals surface area contributed by atoms with Gasteiger partial charge >= 0.3 is 0 Å². The normalized spacial score (nSPS) is 14.7. The van der Waals surface area contributed by atoms with E-state index >= 15 is 0 Å². The largest absolute Gasteiger partial charge is 0.494 e. The standard InChI is InChI=1S/C18H21N3O2/c1-6-20-12(4)21(11(2)3)17-13-8-7-9-15(23-5)16(13)19-10-14(17)18(20)22/h7-11H,4,6H2,1-3,5H3. The average molecular weight is 311 g/mol. The minimum absolute atomic E-state index is 0.0541. The minimum atomic E-state index is -0.0541. The van der Waals surface area contributed by atoms with Crippen LogP contribution in [0.3, 0.4) is 0 Å². The molecule has 1 aliphatic heterocycles. The van der Waals surface area contributed by atoms with Crippen LogP contribution in [-0.2, 0) is 0 Å². The van der Waals surface area contributed by atoms with Crippen LogP contribution >= 0.6 is 0 Å². The van der Waals surface area contributed by atoms with E-state index in [-0.39, 0.29) is 11.9 Å². The summed E-state index contributed by atoms with van der Waals surface area (Å²) in [4.78, 5) is 21.1. The number of para-hydroxylation sites is 1. The summed E-state index contributed by atoms with van der Waals surface area (Å²) in [6, 6.07) is 5.93. The fourth-order valence-corrected chi connectivity index (χ4v) is 3.17. The first-order valence-electron chi connectivity index (χ1n) is 7.77. The molecule has 0 N–H and O–H groups in total. The number of anilines is 1. The fraction of sp³-hybridized carbons (Fsp3) is 0.333. The molecular weight excluding hydrogens is 290 g/mol. The Bertz CT molecular complexity index is 798. The number of fused-ring (bicyclic) bond motifs is 3. The average Bonchev–Trinajstić information content (AvgIpc) is 2.54. The van der Waals surface area contributed by atoms with Crippen LogP contribution in [0.2, 0.25) is 0 Å². The van der Waals surface area contributed by atoms with Crippen LogP contribution in [0.5, 0.6) is 5.75 Å². The van der Waals surface area contributed by atoms with E-state index in [4.69, 9.17) is 4.74 Å². The number of carbonyl (C=O) groups is 1. The zero-order valence-electron chi connectivity index (χ0n) is 14.0. The van der Waals surface area contributed by atoms with Gasteiger partial charge in [-0.2, -0.15) is 0 Å². The number of methoxy groups -OCH3 is 1. The summed E-state index contributed by atoms with van der Waals surface area (Å²) < 4.78 is 5.41. The number of rotatable bonds is 3. The van der Waals surface area contributed by atoms with Gasteiger partial charge in [0.2, 0.25) is 0 Å². The van der Waals surface area contributed by atoms with Crippen LogP contribution < -0.4 is 9.64 Å². The van der Waals surface area contributed by atoms with E-state index < -0.39 is 0 Å². The van der Waals surface area contributed by atoms with Crippen LogP contribution in [0, 0.1) is 0 Å². The highest BCUT2D eigenvalue weighted by Gasteiger charge is 2.35. The van der Waals surface area contributed by atoms with Crippen molar-refractivity contribution in [3.8, 4) is 5.75 Å². The van der Waals surface area contributed by atoms with E-state index in [1.807, 2.05) is 25.1 Å². The molecule has 0 unspecified atom stereocenters. The first-order valence-corrected chi connectivity index (χ1v) is 7.77. The zero-order valence-corrected chi connectivity index (χ0v) is 14.0. The Hall–Kier alpha value is -2.56. The lowest BCUT2D eigenvalue weighted by Gasteiger charge is -2.42. The lowest BCUT2D eigenvalue weighted by molar-refractivity contribution is 0.0798. The van der Waals surface area contributed by atoms with Crippen molar-refractivity contribution in [2.75, 3.05) is 18.6 Å². The van der Waals surface area contributed by atoms with Gasteiger partial charge in [-0.1, -0.05) is 18.7 Å². The number of amides is 1. The molecule has 1 aromatic carbocycles. The third-order valence-electron chi connectivity index (χ3n) is 4.19. The van der Waals surface area contributed by atoms with E-state index in [2.05, 4.69) is 30.3 Å². The van der Waals surface area contributed by atoms with Gasteiger partial charge < -0.3 is 9.64 Å². The molecule has 0 atom stereocenters. The SMILES string of the molecule is C=C1N(CC)C(=O)c2cnc3c(OC)cccc3c2N1C(C)C. The maximum absolute atomic E-state index is 12.8. The molecule has 23 heavy (non-hydrogen) atoms. The molecule has 2 aromatic rings. The van der Waals surface area contributed by atoms with Crippen molar-refractivity contribution in [3.63, 3.8) is 0 Å². The summed E-state index contributed by atoms with van der Waals surface area (Å²) >= 11 is 0. The molecular formula is C18H21N3O2. The second-order valence-corrected chi connectivity index (χ2v) is 5.81. The summed E-state index contributed by atoms with van der Waals surface area (Å²) in [7, 11) is 1.62. The van der Waals surface area contributed by atoms with Gasteiger partial charge in [0.25, 0.3) is 5.91 Å². The molecule has 0 bridgehead atoms. The van der Waals surface area contributed by atoms with Crippen molar-refractivity contribution in [1.29, 1.82) is 0 Å². The second kappa shape index (κ2) is 5.57. The Morgan fingerprint density at radius 2 is 2.09 bits per heavy atom. The van der Waals surface area contributed by atoms with Gasteiger partial charge in [0.15, 0.2) is 0 Å². The van der Waals surface area contributed by atoms with Crippen molar-refractivity contribution in [2.45, 2.75) is 26.8 Å². The molecule has 1 aliphatic rings. The van der Waals surface area contributed by atoms with Crippen LogP contribution in [0.15, 0.2) is 36.8 Å². The Morgan fingerprint density at radius 1 is 1.35 bits per heavy atom. The highest BCUT2D eigenvalue weighted by molar-refractivity contribution is 6.11. The van der Waals surface area contributed by atoms with Crippen molar-refractivity contribution in [2.24, 2.45) is 0 Å². The predicted molar refractivity (Wildman–Crippen MR) is 91.8 cm³/mol. The number of aromatic nitrogens is 1. The van der Waals surface area contributed by atoms with Crippen molar-refractivity contribution >= 4 is 22.5 Å². The highest BCUT2D eigenvalue weighted by atomic mass is 16.5. The van der Waals surface area contributed by atoms with Crippen molar-refractivity contribution in [3.05, 3.63) is 42.4 Å². The molecule has 0 radical (unpaired) electrons. The first kappa shape index (κ1) is 15.3. The van der Waals surface area contributed by atoms with Gasteiger partial charge in [0.1, 0.15) is 17.1 Å². The van der Waals surface area contributed by atoms with E-state index in [9.17, 15) is 4.79 Å². The third-order valence-corrected chi connectivity index (χ3v) is 4.19. The fourth-order valence-electron chi connectivity index (χ4n) is 3.17. The van der Waals surface area contributed by atoms with Crippen LogP contribution in [0.25, 0.3) is 10.9 Å². The number of carbonyl (C=O) groups excluding carboxylic acids is 1. The number of hydrogen-bond acceptors (Lipinski definition) is 4. The quantitative estimate of drug-likeness (QED) is 0.871. The zero-order chi connectivity index (χ0) is 16.7. The molecule has 2 heterocycles. The van der Waals surface area contributed by atoms with Gasteiger partial charge in [-0.05, 0) is 26.8 Å². The number of pyridine rings is 1. The number of nitrogens with zero attached hydrogens (tertiary/aromatic N) is 3. The van der Waals surface area contributed by atoms with Gasteiger partial charge in [-0.15, -0.1) is 0 Å². The maximum atomic E-state index is 12.8. The Balaban J connectivity index is 2.37. The molecule has 1 amide bonds. The van der Waals surface area contributed by atoms with Crippen LogP contribution in [0.1, 0.15) is 31.1 Å². The minimum Gasteiger partial charge on any atom is -0.494 e. The van der Waals surface area contributed by atoms with Crippen molar-refractivity contribution < 1.29 is 9.53 Å². The molecule has 5 heteroatoms. The molecule has 0 fully saturated rings. The highest BCUT2D eigenvalue weighted by Crippen LogP contribution is 2.40. The van der Waals surface area contributed by atoms with E-state index in [0.717, 1.165) is 16.6 Å². The second-order valence-electron chi connectivity index (χ2n) is 5.81. The summed E-state index contributed by atoms with van der Waals surface area (Å²) in [6.45, 7) is 10.9. The summed E-state index contributed by atoms with van der Waals surface area (Å²) in [5.74, 6) is 1.35. The predicted octanol–water partition coefficient (Wildman–Crippen LogP) is 3.41. The summed E-state index contributed by atoms with van der Waals surface area (Å²) in [5, 5.41) is 0.904. The van der Waals surface area contributed by atoms with Crippen LogP contribution in [-0.4, -0.2) is 35.5 Å². The molecule has 5 nitrogen and oxygen atoms in total. The number of benzene rings is 1. The summed E-state index contributed by atoms with van der Waals surface area (Å²) in [5.41, 5.74) is 2.22. The number of hydrogen-bond donors (Lipinski definition) is 0. The molecule has 1 aromatic heterocycles. The Kier molecular flexibility index (Phi) is 3.72. The van der Waals surface area contributed by atoms with E-state index in [1.165, 1.54) is 0 Å². The van der Waals surface area contributed by atoms with Gasteiger partial charge in [0, 0.05) is 24.2 Å². The molecule has 0 saturated heterocycles. The van der Waals surface area contributed by atoms with E-state index in [1.54, 1.807) is 18.2 Å². The monoisotopic (exact) mass is 311 g/mol. The summed E-state index contributed by atoms with van der Waals surface area (Å²) in [6.07, 6.45) is 1.65. The Labute approximate surface area is 136 Å². The van der Waals surface area contributed by atoms with Gasteiger partial charge in [0.05, 0.1) is 18.4 Å². The first-order chi connectivity index (χ1) is 11.0. The van der Waals surface area contributed by atoms with E-state index in [0.29, 0.717) is 23.7 Å². The lowest BCUT2D eigenvalue weighted by atomic mass is 10.0. The molecule has 0 aliphatic carbocycles. The van der Waals surface area contributed by atoms with Gasteiger partial charge in [-0.3, -0.25) is 14.7 Å². The lowest BCUT2D eigenvalue weighted by Crippen LogP contribution is -2.46. The van der Waals surface area contributed by atoms with Crippen LogP contribution in [0.4, 0.5) is 5.69 Å². The van der Waals surface area contributed by atoms with Gasteiger partial charge in [-0.25, -0.2) is 0 Å². The molecule has 0 saturated carbocycles.